The van der Waals surface area contributed by atoms with Gasteiger partial charge in [0, 0.05) is 24.5 Å². The Hall–Kier alpha value is -1.76. The van der Waals surface area contributed by atoms with Crippen LogP contribution in [-0.4, -0.2) is 28.9 Å². The highest BCUT2D eigenvalue weighted by Crippen LogP contribution is 2.23. The summed E-state index contributed by atoms with van der Waals surface area (Å²) in [4.78, 5) is 31.6. The maximum absolute atomic E-state index is 11.7. The molecule has 0 spiro atoms. The van der Waals surface area contributed by atoms with Gasteiger partial charge < -0.3 is 9.47 Å². The molecule has 2 heterocycles. The molecule has 1 aromatic heterocycles. The van der Waals surface area contributed by atoms with Crippen LogP contribution < -0.4 is 0 Å². The topological polar surface area (TPSA) is 77.8 Å². The first-order chi connectivity index (χ1) is 9.28. The Labute approximate surface area is 124 Å². The second-order valence-corrected chi connectivity index (χ2v) is 5.59. The van der Waals surface area contributed by atoms with Gasteiger partial charge in [0.15, 0.2) is 11.7 Å². The van der Waals surface area contributed by atoms with Crippen LogP contribution in [0.2, 0.25) is 0 Å². The molecule has 1 saturated heterocycles. The molecule has 7 heteroatoms. The van der Waals surface area contributed by atoms with Gasteiger partial charge >= 0.3 is 11.9 Å². The zero-order valence-corrected chi connectivity index (χ0v) is 12.8. The van der Waals surface area contributed by atoms with E-state index in [-0.39, 0.29) is 0 Å². The molecule has 0 N–H and O–H groups in total. The van der Waals surface area contributed by atoms with E-state index < -0.39 is 23.6 Å². The molecule has 0 bridgehead atoms. The summed E-state index contributed by atoms with van der Waals surface area (Å²) in [5.74, 6) is -3.34. The molecule has 2 rings (SSSR count). The molecule has 0 aromatic carbocycles. The summed E-state index contributed by atoms with van der Waals surface area (Å²) in [6, 6.07) is 3.45. The number of esters is 2. The van der Waals surface area contributed by atoms with Crippen molar-refractivity contribution in [1.82, 2.24) is 4.98 Å². The van der Waals surface area contributed by atoms with Gasteiger partial charge in [0.1, 0.15) is 0 Å². The minimum absolute atomic E-state index is 0.399. The summed E-state index contributed by atoms with van der Waals surface area (Å²) >= 11 is 3.33. The first-order valence-corrected chi connectivity index (χ1v) is 6.71. The summed E-state index contributed by atoms with van der Waals surface area (Å²) in [5, 5.41) is 0. The van der Waals surface area contributed by atoms with Crippen LogP contribution in [0.15, 0.2) is 21.6 Å². The maximum atomic E-state index is 11.7. The Bertz CT molecular complexity index is 578. The van der Waals surface area contributed by atoms with Crippen LogP contribution in [0, 0.1) is 12.8 Å². The van der Waals surface area contributed by atoms with Gasteiger partial charge in [-0.1, -0.05) is 0 Å². The number of carbonyl (C=O) groups is 2. The van der Waals surface area contributed by atoms with Gasteiger partial charge in [-0.3, -0.25) is 9.59 Å². The Kier molecular flexibility index (Phi) is 3.89. The lowest BCUT2D eigenvalue weighted by atomic mass is 10.1. The number of hydrogen-bond acceptors (Lipinski definition) is 6. The van der Waals surface area contributed by atoms with Crippen molar-refractivity contribution >= 4 is 39.9 Å². The number of pyridine rings is 1. The summed E-state index contributed by atoms with van der Waals surface area (Å²) < 4.78 is 10.8. The van der Waals surface area contributed by atoms with Crippen molar-refractivity contribution in [2.45, 2.75) is 26.6 Å². The van der Waals surface area contributed by atoms with Gasteiger partial charge in [-0.25, -0.2) is 9.98 Å². The van der Waals surface area contributed by atoms with Crippen molar-refractivity contribution in [2.75, 3.05) is 0 Å². The lowest BCUT2D eigenvalue weighted by molar-refractivity contribution is -0.235. The van der Waals surface area contributed by atoms with Gasteiger partial charge in [-0.2, -0.15) is 0 Å². The van der Waals surface area contributed by atoms with Crippen molar-refractivity contribution in [3.05, 3.63) is 22.3 Å². The molecule has 0 amide bonds. The van der Waals surface area contributed by atoms with E-state index in [4.69, 9.17) is 9.47 Å². The zero-order chi connectivity index (χ0) is 14.9. The largest absolute Gasteiger partial charge is 0.422 e. The molecule has 1 aliphatic rings. The predicted molar refractivity (Wildman–Crippen MR) is 74.6 cm³/mol. The second-order valence-electron chi connectivity index (χ2n) is 4.73. The number of carbonyl (C=O) groups excluding carboxylic acids is 2. The standard InChI is InChI=1S/C13H13BrN2O4/c1-7-9(14)4-5-10(16-7)15-6-8-11(17)19-13(2,3)20-12(8)18/h4-6,8H,1-3H3. The van der Waals surface area contributed by atoms with Gasteiger partial charge in [0.25, 0.3) is 5.79 Å². The van der Waals surface area contributed by atoms with E-state index in [9.17, 15) is 9.59 Å². The van der Waals surface area contributed by atoms with E-state index in [0.717, 1.165) is 10.2 Å². The van der Waals surface area contributed by atoms with Crippen molar-refractivity contribution in [3.63, 3.8) is 0 Å². The third kappa shape index (κ3) is 3.22. The molecule has 0 radical (unpaired) electrons. The number of aliphatic imine (C=N–C) groups is 1. The third-order valence-corrected chi connectivity index (χ3v) is 3.40. The molecular formula is C13H13BrN2O4. The van der Waals surface area contributed by atoms with E-state index in [0.29, 0.717) is 5.82 Å². The fourth-order valence-corrected chi connectivity index (χ4v) is 1.82. The number of halogens is 1. The van der Waals surface area contributed by atoms with Crippen molar-refractivity contribution in [3.8, 4) is 0 Å². The summed E-state index contributed by atoms with van der Waals surface area (Å²) in [6.07, 6.45) is 1.19. The average molecular weight is 341 g/mol. The molecule has 0 unspecified atom stereocenters. The predicted octanol–water partition coefficient (Wildman–Crippen LogP) is 2.31. The number of cyclic esters (lactones) is 2. The van der Waals surface area contributed by atoms with E-state index in [1.807, 2.05) is 6.92 Å². The van der Waals surface area contributed by atoms with Crippen LogP contribution in [0.4, 0.5) is 5.82 Å². The normalized spacial score (nSPS) is 19.0. The smallest absolute Gasteiger partial charge is 0.329 e. The fraction of sp³-hybridized carbons (Fsp3) is 0.385. The third-order valence-electron chi connectivity index (χ3n) is 2.56. The highest BCUT2D eigenvalue weighted by molar-refractivity contribution is 9.10. The quantitative estimate of drug-likeness (QED) is 0.469. The van der Waals surface area contributed by atoms with E-state index >= 15 is 0 Å². The van der Waals surface area contributed by atoms with Gasteiger partial charge in [-0.05, 0) is 35.0 Å². The minimum Gasteiger partial charge on any atom is -0.422 e. The number of rotatable bonds is 2. The fourth-order valence-electron chi connectivity index (χ4n) is 1.60. The number of hydrogen-bond donors (Lipinski definition) is 0. The number of aromatic nitrogens is 1. The molecule has 20 heavy (non-hydrogen) atoms. The average Bonchev–Trinajstić information content (AvgIpc) is 2.31. The van der Waals surface area contributed by atoms with Crippen LogP contribution in [0.25, 0.3) is 0 Å². The van der Waals surface area contributed by atoms with Crippen molar-refractivity contribution in [2.24, 2.45) is 10.9 Å². The molecule has 0 aliphatic carbocycles. The van der Waals surface area contributed by atoms with Crippen LogP contribution in [0.3, 0.4) is 0 Å². The van der Waals surface area contributed by atoms with Crippen molar-refractivity contribution in [1.29, 1.82) is 0 Å². The first-order valence-electron chi connectivity index (χ1n) is 5.91. The molecule has 106 valence electrons. The first kappa shape index (κ1) is 14.6. The maximum Gasteiger partial charge on any atom is 0.329 e. The van der Waals surface area contributed by atoms with Crippen LogP contribution in [0.5, 0.6) is 0 Å². The van der Waals surface area contributed by atoms with E-state index in [2.05, 4.69) is 25.9 Å². The molecule has 0 saturated carbocycles. The molecular weight excluding hydrogens is 328 g/mol. The molecule has 6 nitrogen and oxygen atoms in total. The Morgan fingerprint density at radius 2 is 1.90 bits per heavy atom. The van der Waals surface area contributed by atoms with Crippen LogP contribution in [-0.2, 0) is 19.1 Å². The van der Waals surface area contributed by atoms with E-state index in [1.54, 1.807) is 12.1 Å². The molecule has 0 atom stereocenters. The number of aryl methyl sites for hydroxylation is 1. The second kappa shape index (κ2) is 5.32. The number of nitrogens with zero attached hydrogens (tertiary/aromatic N) is 2. The summed E-state index contributed by atoms with van der Waals surface area (Å²) in [7, 11) is 0. The highest BCUT2D eigenvalue weighted by atomic mass is 79.9. The molecule has 1 aliphatic heterocycles. The molecule has 1 aromatic rings. The Balaban J connectivity index is 2.16. The highest BCUT2D eigenvalue weighted by Gasteiger charge is 2.42. The Morgan fingerprint density at radius 3 is 2.45 bits per heavy atom. The van der Waals surface area contributed by atoms with Gasteiger partial charge in [-0.15, -0.1) is 0 Å². The Morgan fingerprint density at radius 1 is 1.30 bits per heavy atom. The number of ether oxygens (including phenoxy) is 2. The van der Waals surface area contributed by atoms with Crippen molar-refractivity contribution < 1.29 is 19.1 Å². The lowest BCUT2D eigenvalue weighted by Gasteiger charge is -2.31. The van der Waals surface area contributed by atoms with E-state index in [1.165, 1.54) is 20.1 Å². The van der Waals surface area contributed by atoms with Gasteiger partial charge in [0.2, 0.25) is 0 Å². The monoisotopic (exact) mass is 340 g/mol. The molecule has 1 fully saturated rings. The van der Waals surface area contributed by atoms with Crippen LogP contribution in [0.1, 0.15) is 19.5 Å². The summed E-state index contributed by atoms with van der Waals surface area (Å²) in [6.45, 7) is 4.81. The lowest BCUT2D eigenvalue weighted by Crippen LogP contribution is -2.46. The minimum atomic E-state index is -1.23. The zero-order valence-electron chi connectivity index (χ0n) is 11.2. The SMILES string of the molecule is Cc1nc(N=CC2C(=O)OC(C)(C)OC2=O)ccc1Br. The van der Waals surface area contributed by atoms with Crippen LogP contribution >= 0.6 is 15.9 Å². The van der Waals surface area contributed by atoms with Gasteiger partial charge in [0.05, 0.1) is 5.69 Å². The summed E-state index contributed by atoms with van der Waals surface area (Å²) in [5.41, 5.74) is 0.759.